The Hall–Kier alpha value is -3.19. The summed E-state index contributed by atoms with van der Waals surface area (Å²) in [7, 11) is -3.43. The molecule has 0 spiro atoms. The molecule has 206 valence electrons. The van der Waals surface area contributed by atoms with Crippen molar-refractivity contribution in [2.45, 2.75) is 57.5 Å². The van der Waals surface area contributed by atoms with Gasteiger partial charge >= 0.3 is 6.09 Å². The van der Waals surface area contributed by atoms with Crippen molar-refractivity contribution in [3.8, 4) is 5.82 Å². The smallest absolute Gasteiger partial charge is 0.404 e. The Bertz CT molecular complexity index is 1330. The molecule has 4 bridgehead atoms. The van der Waals surface area contributed by atoms with Crippen LogP contribution in [0.3, 0.4) is 0 Å². The molecule has 2 atom stereocenters. The van der Waals surface area contributed by atoms with Gasteiger partial charge in [-0.1, -0.05) is 0 Å². The molecule has 2 amide bonds. The third kappa shape index (κ3) is 5.48. The van der Waals surface area contributed by atoms with E-state index < -0.39 is 21.7 Å². The van der Waals surface area contributed by atoms with Crippen molar-refractivity contribution >= 4 is 28.2 Å². The van der Waals surface area contributed by atoms with Gasteiger partial charge in [-0.2, -0.15) is 10.2 Å². The van der Waals surface area contributed by atoms with Crippen LogP contribution in [0.2, 0.25) is 0 Å². The molecule has 38 heavy (non-hydrogen) atoms. The molecule has 4 aliphatic rings. The lowest BCUT2D eigenvalue weighted by atomic mass is 9.48. The van der Waals surface area contributed by atoms with E-state index in [9.17, 15) is 18.0 Å². The highest BCUT2D eigenvalue weighted by molar-refractivity contribution is 7.88. The number of nitrogens with zero attached hydrogens (tertiary/aromatic N) is 4. The second-order valence-corrected chi connectivity index (χ2v) is 13.5. The summed E-state index contributed by atoms with van der Waals surface area (Å²) < 4.78 is 34.3. The minimum Gasteiger partial charge on any atom is -0.449 e. The summed E-state index contributed by atoms with van der Waals surface area (Å²) in [6.45, 7) is 3.80. The molecule has 2 aromatic heterocycles. The molecule has 0 aliphatic heterocycles. The molecule has 4 saturated carbocycles. The Kier molecular flexibility index (Phi) is 6.62. The highest BCUT2D eigenvalue weighted by atomic mass is 32.2. The first-order valence-corrected chi connectivity index (χ1v) is 14.7. The molecule has 2 aromatic rings. The second-order valence-electron chi connectivity index (χ2n) is 11.8. The van der Waals surface area contributed by atoms with Crippen LogP contribution in [-0.2, 0) is 14.8 Å². The number of sulfonamides is 1. The number of aromatic nitrogens is 4. The number of carbonyl (C=O) groups excluding carboxylic acids is 2. The summed E-state index contributed by atoms with van der Waals surface area (Å²) in [6, 6.07) is 1.78. The number of hydrogen-bond acceptors (Lipinski definition) is 7. The molecule has 4 aliphatic carbocycles. The summed E-state index contributed by atoms with van der Waals surface area (Å²) in [5.41, 5.74) is 4.68. The van der Waals surface area contributed by atoms with Gasteiger partial charge in [0.1, 0.15) is 5.56 Å². The number of hydrogen-bond donors (Lipinski definition) is 3. The van der Waals surface area contributed by atoms with Gasteiger partial charge in [-0.3, -0.25) is 4.79 Å². The predicted molar refractivity (Wildman–Crippen MR) is 140 cm³/mol. The average molecular weight is 546 g/mol. The predicted octanol–water partition coefficient (Wildman–Crippen LogP) is 1.89. The minimum atomic E-state index is -3.43. The normalized spacial score (nSPS) is 28.6. The second kappa shape index (κ2) is 9.53. The molecule has 0 saturated heterocycles. The Balaban J connectivity index is 1.37. The van der Waals surface area contributed by atoms with Crippen LogP contribution in [-0.4, -0.2) is 64.4 Å². The minimum absolute atomic E-state index is 0.0306. The molecule has 2 unspecified atom stereocenters. The van der Waals surface area contributed by atoms with Gasteiger partial charge in [0.25, 0.3) is 5.91 Å². The van der Waals surface area contributed by atoms with Gasteiger partial charge in [0.05, 0.1) is 19.1 Å². The summed E-state index contributed by atoms with van der Waals surface area (Å²) in [4.78, 5) is 24.9. The molecule has 6 rings (SSSR count). The molecular weight excluding hydrogens is 510 g/mol. The van der Waals surface area contributed by atoms with Crippen molar-refractivity contribution in [3.63, 3.8) is 0 Å². The van der Waals surface area contributed by atoms with E-state index in [4.69, 9.17) is 10.5 Å². The lowest BCUT2D eigenvalue weighted by Gasteiger charge is -2.59. The zero-order chi connectivity index (χ0) is 27.3. The van der Waals surface area contributed by atoms with Crippen molar-refractivity contribution < 1.29 is 22.7 Å². The Labute approximate surface area is 222 Å². The van der Waals surface area contributed by atoms with Crippen LogP contribution in [0, 0.1) is 23.2 Å². The van der Waals surface area contributed by atoms with Gasteiger partial charge in [-0.05, 0) is 75.8 Å². The zero-order valence-electron chi connectivity index (χ0n) is 21.8. The first-order chi connectivity index (χ1) is 17.8. The Morgan fingerprint density at radius 1 is 1.24 bits per heavy atom. The van der Waals surface area contributed by atoms with E-state index in [1.807, 2.05) is 0 Å². The number of ether oxygens (including phenoxy) is 1. The summed E-state index contributed by atoms with van der Waals surface area (Å²) >= 11 is 0. The summed E-state index contributed by atoms with van der Waals surface area (Å²) in [5.74, 6) is 1.42. The third-order valence-corrected chi connectivity index (χ3v) is 8.93. The summed E-state index contributed by atoms with van der Waals surface area (Å²) in [6.07, 6.45) is 13.4. The van der Waals surface area contributed by atoms with Crippen LogP contribution in [0.15, 0.2) is 30.7 Å². The molecular formula is C25H35N7O5S. The van der Waals surface area contributed by atoms with E-state index in [-0.39, 0.29) is 17.4 Å². The number of primary amides is 1. The lowest BCUT2D eigenvalue weighted by Crippen LogP contribution is -2.60. The molecule has 0 aromatic carbocycles. The van der Waals surface area contributed by atoms with Crippen molar-refractivity contribution in [1.29, 1.82) is 0 Å². The van der Waals surface area contributed by atoms with Crippen LogP contribution in [0.4, 0.5) is 4.79 Å². The number of amides is 2. The lowest BCUT2D eigenvalue weighted by molar-refractivity contribution is -0.0977. The quantitative estimate of drug-likeness (QED) is 0.433. The van der Waals surface area contributed by atoms with E-state index in [2.05, 4.69) is 20.2 Å². The van der Waals surface area contributed by atoms with E-state index >= 15 is 0 Å². The molecule has 0 radical (unpaired) electrons. The molecule has 13 heteroatoms. The van der Waals surface area contributed by atoms with E-state index in [0.29, 0.717) is 35.7 Å². The van der Waals surface area contributed by atoms with Crippen LogP contribution in [0.5, 0.6) is 0 Å². The number of rotatable bonds is 9. The SMILES string of the molecule is CC(C)(C=Cn1ncc(C(=O)NC2C3CC4CC2CC(COC(N)=O)(C4)C3)c1-n1cccn1)NS(C)(=O)=O. The van der Waals surface area contributed by atoms with Crippen molar-refractivity contribution in [3.05, 3.63) is 36.3 Å². The average Bonchev–Trinajstić information content (AvgIpc) is 3.46. The van der Waals surface area contributed by atoms with Gasteiger partial charge in [-0.15, -0.1) is 0 Å². The van der Waals surface area contributed by atoms with Gasteiger partial charge in [0.15, 0.2) is 5.82 Å². The van der Waals surface area contributed by atoms with Crippen LogP contribution < -0.4 is 15.8 Å². The van der Waals surface area contributed by atoms with E-state index in [1.54, 1.807) is 49.3 Å². The fraction of sp³-hybridized carbons (Fsp3) is 0.600. The maximum Gasteiger partial charge on any atom is 0.404 e. The van der Waals surface area contributed by atoms with E-state index in [0.717, 1.165) is 38.4 Å². The fourth-order valence-electron chi connectivity index (χ4n) is 7.07. The van der Waals surface area contributed by atoms with Crippen LogP contribution in [0.1, 0.15) is 56.3 Å². The topological polar surface area (TPSA) is 163 Å². The molecule has 2 heterocycles. The van der Waals surface area contributed by atoms with Crippen molar-refractivity contribution in [2.24, 2.45) is 28.9 Å². The number of nitrogens with one attached hydrogen (secondary N) is 2. The molecule has 12 nitrogen and oxygen atoms in total. The number of nitrogens with two attached hydrogens (primary N) is 1. The highest BCUT2D eigenvalue weighted by Gasteiger charge is 2.56. The fourth-order valence-corrected chi connectivity index (χ4v) is 8.10. The van der Waals surface area contributed by atoms with Crippen LogP contribution in [0.25, 0.3) is 12.0 Å². The van der Waals surface area contributed by atoms with Gasteiger partial charge < -0.3 is 15.8 Å². The Morgan fingerprint density at radius 3 is 2.55 bits per heavy atom. The highest BCUT2D eigenvalue weighted by Crippen LogP contribution is 2.60. The number of carbonyl (C=O) groups is 2. The first kappa shape index (κ1) is 26.4. The first-order valence-electron chi connectivity index (χ1n) is 12.8. The van der Waals surface area contributed by atoms with Crippen LogP contribution >= 0.6 is 0 Å². The molecule has 4 N–H and O–H groups in total. The third-order valence-electron chi connectivity index (χ3n) is 8.03. The Morgan fingerprint density at radius 2 is 1.95 bits per heavy atom. The van der Waals surface area contributed by atoms with Gasteiger partial charge in [-0.25, -0.2) is 27.3 Å². The van der Waals surface area contributed by atoms with Gasteiger partial charge in [0.2, 0.25) is 10.0 Å². The molecule has 4 fully saturated rings. The largest absolute Gasteiger partial charge is 0.449 e. The van der Waals surface area contributed by atoms with Crippen molar-refractivity contribution in [2.75, 3.05) is 12.9 Å². The summed E-state index contributed by atoms with van der Waals surface area (Å²) in [5, 5.41) is 12.0. The maximum atomic E-state index is 13.6. The zero-order valence-corrected chi connectivity index (χ0v) is 22.6. The van der Waals surface area contributed by atoms with Crippen molar-refractivity contribution in [1.82, 2.24) is 29.6 Å². The van der Waals surface area contributed by atoms with E-state index in [1.165, 1.54) is 10.9 Å². The van der Waals surface area contributed by atoms with Gasteiger partial charge in [0, 0.05) is 35.6 Å². The standard InChI is InChI=1S/C25H35N7O5S/c1-24(2,30-38(3,35)36)5-8-32-22(31-7-4-6-27-31)19(14-28-32)21(33)29-20-17-9-16-10-18(20)13-25(11-16,12-17)15-37-23(26)34/h4-8,14,16-18,20,30H,9-13,15H2,1-3H3,(H2,26,34)(H,29,33). The maximum absolute atomic E-state index is 13.6. The monoisotopic (exact) mass is 545 g/mol.